The molecule has 1 aliphatic rings. The summed E-state index contributed by atoms with van der Waals surface area (Å²) in [6, 6.07) is 4.96. The molecular formula is C15H23N3O3. The molecule has 6 nitrogen and oxygen atoms in total. The van der Waals surface area contributed by atoms with Crippen LogP contribution >= 0.6 is 0 Å². The average Bonchev–Trinajstić information content (AvgIpc) is 2.93. The zero-order valence-electron chi connectivity index (χ0n) is 12.7. The van der Waals surface area contributed by atoms with Gasteiger partial charge in [-0.3, -0.25) is 10.1 Å². The van der Waals surface area contributed by atoms with Crippen molar-refractivity contribution in [3.05, 3.63) is 28.3 Å². The lowest BCUT2D eigenvalue weighted by molar-refractivity contribution is -0.385. The molecule has 6 heteroatoms. The van der Waals surface area contributed by atoms with Gasteiger partial charge in [0, 0.05) is 30.9 Å². The van der Waals surface area contributed by atoms with Crippen LogP contribution in [0.3, 0.4) is 0 Å². The van der Waals surface area contributed by atoms with Gasteiger partial charge >= 0.3 is 5.69 Å². The molecule has 1 heterocycles. The van der Waals surface area contributed by atoms with Crippen molar-refractivity contribution in [2.45, 2.75) is 20.3 Å². The largest absolute Gasteiger partial charge is 0.487 e. The van der Waals surface area contributed by atoms with Crippen molar-refractivity contribution in [1.29, 1.82) is 0 Å². The molecule has 0 spiro atoms. The number of nitro groups is 1. The third kappa shape index (κ3) is 4.07. The smallest absolute Gasteiger partial charge is 0.311 e. The zero-order valence-corrected chi connectivity index (χ0v) is 12.7. The molecule has 0 saturated carbocycles. The number of likely N-dealkylation sites (tertiary alicyclic amines) is 1. The maximum Gasteiger partial charge on any atom is 0.311 e. The third-order valence-corrected chi connectivity index (χ3v) is 3.87. The summed E-state index contributed by atoms with van der Waals surface area (Å²) in [6.45, 7) is 8.69. The van der Waals surface area contributed by atoms with Crippen LogP contribution in [-0.2, 0) is 0 Å². The summed E-state index contributed by atoms with van der Waals surface area (Å²) < 4.78 is 5.36. The van der Waals surface area contributed by atoms with Gasteiger partial charge < -0.3 is 15.0 Å². The van der Waals surface area contributed by atoms with Crippen LogP contribution in [0.15, 0.2) is 18.2 Å². The first-order valence-corrected chi connectivity index (χ1v) is 7.51. The number of benzene rings is 1. The molecule has 1 unspecified atom stereocenters. The Balaban J connectivity index is 1.97. The number of hydrogen-bond donors (Lipinski definition) is 1. The topological polar surface area (TPSA) is 67.6 Å². The van der Waals surface area contributed by atoms with E-state index >= 15 is 0 Å². The Bertz CT molecular complexity index is 493. The minimum Gasteiger partial charge on any atom is -0.487 e. The lowest BCUT2D eigenvalue weighted by Gasteiger charge is -2.15. The normalized spacial score (nSPS) is 18.7. The van der Waals surface area contributed by atoms with Gasteiger partial charge in [-0.1, -0.05) is 6.92 Å². The molecule has 0 aromatic heterocycles. The first-order valence-electron chi connectivity index (χ1n) is 7.51. The van der Waals surface area contributed by atoms with E-state index < -0.39 is 4.92 Å². The maximum absolute atomic E-state index is 10.9. The van der Waals surface area contributed by atoms with E-state index in [-0.39, 0.29) is 5.69 Å². The molecule has 21 heavy (non-hydrogen) atoms. The summed E-state index contributed by atoms with van der Waals surface area (Å²) in [6.07, 6.45) is 1.20. The van der Waals surface area contributed by atoms with Crippen LogP contribution in [0.5, 0.6) is 5.75 Å². The molecular weight excluding hydrogens is 270 g/mol. The average molecular weight is 293 g/mol. The quantitative estimate of drug-likeness (QED) is 0.618. The second kappa shape index (κ2) is 7.26. The van der Waals surface area contributed by atoms with Crippen molar-refractivity contribution in [2.24, 2.45) is 5.92 Å². The van der Waals surface area contributed by atoms with E-state index in [1.807, 2.05) is 6.92 Å². The lowest BCUT2D eigenvalue weighted by Crippen LogP contribution is -2.22. The number of hydrogen-bond acceptors (Lipinski definition) is 5. The number of anilines is 1. The second-order valence-corrected chi connectivity index (χ2v) is 5.30. The van der Waals surface area contributed by atoms with Crippen LogP contribution in [0.25, 0.3) is 0 Å². The van der Waals surface area contributed by atoms with Crippen molar-refractivity contribution in [2.75, 3.05) is 38.1 Å². The van der Waals surface area contributed by atoms with E-state index in [1.54, 1.807) is 12.1 Å². The Hall–Kier alpha value is -1.82. The third-order valence-electron chi connectivity index (χ3n) is 3.87. The fraction of sp³-hybridized carbons (Fsp3) is 0.600. The van der Waals surface area contributed by atoms with E-state index in [2.05, 4.69) is 17.1 Å². The highest BCUT2D eigenvalue weighted by Crippen LogP contribution is 2.30. The molecule has 0 radical (unpaired) electrons. The van der Waals surface area contributed by atoms with E-state index in [4.69, 9.17) is 4.74 Å². The van der Waals surface area contributed by atoms with E-state index in [1.165, 1.54) is 12.5 Å². The Morgan fingerprint density at radius 1 is 1.48 bits per heavy atom. The monoisotopic (exact) mass is 293 g/mol. The van der Waals surface area contributed by atoms with Gasteiger partial charge in [0.25, 0.3) is 0 Å². The standard InChI is InChI=1S/C15H23N3O3/c1-3-17-8-7-12(11-17)10-16-13-5-6-14(18(19)20)15(9-13)21-4-2/h5-6,9,12,16H,3-4,7-8,10-11H2,1-2H3. The summed E-state index contributed by atoms with van der Waals surface area (Å²) in [4.78, 5) is 13.0. The highest BCUT2D eigenvalue weighted by atomic mass is 16.6. The Kier molecular flexibility index (Phi) is 5.38. The van der Waals surface area contributed by atoms with Crippen molar-refractivity contribution < 1.29 is 9.66 Å². The van der Waals surface area contributed by atoms with Crippen molar-refractivity contribution in [3.8, 4) is 5.75 Å². The highest BCUT2D eigenvalue weighted by molar-refractivity contribution is 5.58. The molecule has 0 aliphatic carbocycles. The first-order chi connectivity index (χ1) is 10.1. The Labute approximate surface area is 125 Å². The summed E-state index contributed by atoms with van der Waals surface area (Å²) >= 11 is 0. The Morgan fingerprint density at radius 3 is 2.90 bits per heavy atom. The number of ether oxygens (including phenoxy) is 1. The lowest BCUT2D eigenvalue weighted by atomic mass is 10.1. The van der Waals surface area contributed by atoms with Crippen molar-refractivity contribution in [1.82, 2.24) is 4.90 Å². The van der Waals surface area contributed by atoms with Gasteiger partial charge in [-0.15, -0.1) is 0 Å². The van der Waals surface area contributed by atoms with Crippen molar-refractivity contribution in [3.63, 3.8) is 0 Å². The van der Waals surface area contributed by atoms with E-state index in [0.717, 1.165) is 31.9 Å². The van der Waals surface area contributed by atoms with Gasteiger partial charge in [0.1, 0.15) is 0 Å². The van der Waals surface area contributed by atoms with Crippen LogP contribution in [-0.4, -0.2) is 42.6 Å². The van der Waals surface area contributed by atoms with Gasteiger partial charge in [-0.2, -0.15) is 0 Å². The molecule has 0 bridgehead atoms. The molecule has 1 aromatic rings. The van der Waals surface area contributed by atoms with Gasteiger partial charge in [0.15, 0.2) is 5.75 Å². The molecule has 1 fully saturated rings. The predicted molar refractivity (Wildman–Crippen MR) is 83.0 cm³/mol. The molecule has 1 N–H and O–H groups in total. The summed E-state index contributed by atoms with van der Waals surface area (Å²) in [5, 5.41) is 14.3. The summed E-state index contributed by atoms with van der Waals surface area (Å²) in [7, 11) is 0. The predicted octanol–water partition coefficient (Wildman–Crippen LogP) is 2.75. The summed E-state index contributed by atoms with van der Waals surface area (Å²) in [5.74, 6) is 0.963. The maximum atomic E-state index is 10.9. The molecule has 1 saturated heterocycles. The summed E-state index contributed by atoms with van der Waals surface area (Å²) in [5.41, 5.74) is 0.888. The Morgan fingerprint density at radius 2 is 2.29 bits per heavy atom. The van der Waals surface area contributed by atoms with Crippen LogP contribution in [0.4, 0.5) is 11.4 Å². The molecule has 2 rings (SSSR count). The fourth-order valence-corrected chi connectivity index (χ4v) is 2.67. The molecule has 1 atom stereocenters. The first kappa shape index (κ1) is 15.6. The number of nitrogens with zero attached hydrogens (tertiary/aromatic N) is 2. The SMILES string of the molecule is CCOc1cc(NCC2CCN(CC)C2)ccc1[N+](=O)[O-]. The van der Waals surface area contributed by atoms with Crippen molar-refractivity contribution >= 4 is 11.4 Å². The van der Waals surface area contributed by atoms with Gasteiger partial charge in [-0.25, -0.2) is 0 Å². The number of nitrogens with one attached hydrogen (secondary N) is 1. The van der Waals surface area contributed by atoms with Crippen LogP contribution in [0.2, 0.25) is 0 Å². The van der Waals surface area contributed by atoms with Crippen LogP contribution in [0.1, 0.15) is 20.3 Å². The zero-order chi connectivity index (χ0) is 15.2. The van der Waals surface area contributed by atoms with Gasteiger partial charge in [-0.05, 0) is 38.4 Å². The minimum atomic E-state index is -0.412. The number of nitro benzene ring substituents is 1. The highest BCUT2D eigenvalue weighted by Gasteiger charge is 2.21. The van der Waals surface area contributed by atoms with Gasteiger partial charge in [0.05, 0.1) is 11.5 Å². The van der Waals surface area contributed by atoms with Crippen LogP contribution in [0, 0.1) is 16.0 Å². The van der Waals surface area contributed by atoms with E-state index in [0.29, 0.717) is 18.3 Å². The molecule has 1 aromatic carbocycles. The van der Waals surface area contributed by atoms with E-state index in [9.17, 15) is 10.1 Å². The second-order valence-electron chi connectivity index (χ2n) is 5.30. The molecule has 0 amide bonds. The van der Waals surface area contributed by atoms with Gasteiger partial charge in [0.2, 0.25) is 0 Å². The van der Waals surface area contributed by atoms with Crippen LogP contribution < -0.4 is 10.1 Å². The molecule has 116 valence electrons. The minimum absolute atomic E-state index is 0.0143. The molecule has 1 aliphatic heterocycles. The fourth-order valence-electron chi connectivity index (χ4n) is 2.67. The number of rotatable bonds is 7.